The van der Waals surface area contributed by atoms with E-state index in [2.05, 4.69) is 5.32 Å². The first-order valence-corrected chi connectivity index (χ1v) is 5.07. The van der Waals surface area contributed by atoms with E-state index < -0.39 is 12.0 Å². The molecular weight excluding hydrogens is 288 g/mol. The number of carboxylic acid groups (broad SMARTS) is 1. The van der Waals surface area contributed by atoms with Gasteiger partial charge in [-0.2, -0.15) is 0 Å². The molecule has 0 aromatic rings. The van der Waals surface area contributed by atoms with Crippen LogP contribution in [0.4, 0.5) is 0 Å². The average molecular weight is 313 g/mol. The van der Waals surface area contributed by atoms with Crippen molar-refractivity contribution in [1.82, 2.24) is 5.32 Å². The number of carboxylic acids is 1. The fourth-order valence-corrected chi connectivity index (χ4v) is 1.09. The van der Waals surface area contributed by atoms with Gasteiger partial charge in [0.15, 0.2) is 0 Å². The van der Waals surface area contributed by atoms with E-state index in [0.29, 0.717) is 13.0 Å². The third kappa shape index (κ3) is 18.8. The number of rotatable bonds is 9. The van der Waals surface area contributed by atoms with Gasteiger partial charge in [0.25, 0.3) is 0 Å². The molecule has 0 aromatic carbocycles. The molecule has 0 saturated carbocycles. The van der Waals surface area contributed by atoms with Gasteiger partial charge < -0.3 is 21.9 Å². The van der Waals surface area contributed by atoms with Gasteiger partial charge in [-0.15, -0.1) is 37.2 Å². The molecule has 0 radical (unpaired) electrons. The highest BCUT2D eigenvalue weighted by molar-refractivity contribution is 5.86. The lowest BCUT2D eigenvalue weighted by atomic mass is 10.1. The Hall–Kier alpha value is 0.220. The van der Waals surface area contributed by atoms with Gasteiger partial charge in [0.2, 0.25) is 0 Å². The topological polar surface area (TPSA) is 101 Å². The number of nitrogens with one attached hydrogen (secondary N) is 1. The van der Waals surface area contributed by atoms with Crippen LogP contribution < -0.4 is 16.8 Å². The Bertz CT molecular complexity index is 164. The van der Waals surface area contributed by atoms with Gasteiger partial charge in [-0.3, -0.25) is 4.79 Å². The van der Waals surface area contributed by atoms with E-state index in [0.717, 1.165) is 32.4 Å². The molecule has 1 atom stereocenters. The number of carbonyl (C=O) groups is 1. The summed E-state index contributed by atoms with van der Waals surface area (Å²) in [6.07, 6.45) is 3.34. The van der Waals surface area contributed by atoms with Crippen LogP contribution in [0, 0.1) is 0 Å². The maximum Gasteiger partial charge on any atom is 0.320 e. The minimum absolute atomic E-state index is 0. The molecule has 0 aliphatic carbocycles. The third-order valence-electron chi connectivity index (χ3n) is 1.99. The third-order valence-corrected chi connectivity index (χ3v) is 1.99. The second kappa shape index (κ2) is 18.6. The van der Waals surface area contributed by atoms with E-state index in [1.54, 1.807) is 0 Å². The van der Waals surface area contributed by atoms with Gasteiger partial charge in [0.1, 0.15) is 6.04 Å². The zero-order valence-corrected chi connectivity index (χ0v) is 12.2. The molecule has 108 valence electrons. The molecule has 0 bridgehead atoms. The fourth-order valence-electron chi connectivity index (χ4n) is 1.09. The minimum atomic E-state index is -0.916. The maximum absolute atomic E-state index is 10.3. The Balaban J connectivity index is -0.000000282. The van der Waals surface area contributed by atoms with Crippen LogP contribution in [-0.2, 0) is 4.79 Å². The Kier molecular flexibility index (Phi) is 28.3. The number of unbranched alkanes of at least 4 members (excludes halogenated alkanes) is 1. The van der Waals surface area contributed by atoms with Crippen LogP contribution in [0.15, 0.2) is 0 Å². The summed E-state index contributed by atoms with van der Waals surface area (Å²) in [4.78, 5) is 10.3. The van der Waals surface area contributed by atoms with Crippen molar-refractivity contribution in [3.8, 4) is 0 Å². The molecule has 0 unspecified atom stereocenters. The van der Waals surface area contributed by atoms with Gasteiger partial charge in [0, 0.05) is 0 Å². The fraction of sp³-hybridized carbons (Fsp3) is 0.889. The predicted molar refractivity (Wildman–Crippen MR) is 77.7 cm³/mol. The quantitative estimate of drug-likeness (QED) is 0.471. The lowest BCUT2D eigenvalue weighted by Crippen LogP contribution is -2.30. The Morgan fingerprint density at radius 3 is 2.12 bits per heavy atom. The molecule has 6 N–H and O–H groups in total. The molecule has 0 amide bonds. The van der Waals surface area contributed by atoms with Crippen LogP contribution in [0.2, 0.25) is 0 Å². The summed E-state index contributed by atoms with van der Waals surface area (Å²) in [6, 6.07) is -0.709. The van der Waals surface area contributed by atoms with E-state index in [9.17, 15) is 4.79 Å². The molecule has 0 heterocycles. The average Bonchev–Trinajstić information content (AvgIpc) is 2.16. The van der Waals surface area contributed by atoms with Crippen molar-refractivity contribution in [2.75, 3.05) is 19.6 Å². The highest BCUT2D eigenvalue weighted by atomic mass is 35.5. The summed E-state index contributed by atoms with van der Waals surface area (Å²) in [5.41, 5.74) is 10.7. The van der Waals surface area contributed by atoms with E-state index in [1.807, 2.05) is 0 Å². The number of hydrogen-bond acceptors (Lipinski definition) is 4. The van der Waals surface area contributed by atoms with Crippen LogP contribution in [0.25, 0.3) is 0 Å². The first kappa shape index (κ1) is 25.9. The number of aliphatic carboxylic acids is 1. The lowest BCUT2D eigenvalue weighted by molar-refractivity contribution is -0.138. The van der Waals surface area contributed by atoms with E-state index in [-0.39, 0.29) is 37.2 Å². The Morgan fingerprint density at radius 2 is 1.65 bits per heavy atom. The van der Waals surface area contributed by atoms with Gasteiger partial charge in [-0.25, -0.2) is 0 Å². The Morgan fingerprint density at radius 1 is 1.12 bits per heavy atom. The van der Waals surface area contributed by atoms with E-state index >= 15 is 0 Å². The maximum atomic E-state index is 10.3. The van der Waals surface area contributed by atoms with Crippen molar-refractivity contribution in [1.29, 1.82) is 0 Å². The van der Waals surface area contributed by atoms with Crippen molar-refractivity contribution in [3.05, 3.63) is 0 Å². The number of nitrogens with two attached hydrogens (primary N) is 2. The zero-order valence-electron chi connectivity index (χ0n) is 9.76. The normalized spacial score (nSPS) is 10.5. The Labute approximate surface area is 121 Å². The predicted octanol–water partition coefficient (Wildman–Crippen LogP) is 0.772. The van der Waals surface area contributed by atoms with Crippen LogP contribution >= 0.6 is 37.2 Å². The molecule has 5 nitrogen and oxygen atoms in total. The van der Waals surface area contributed by atoms with Gasteiger partial charge in [-0.05, 0) is 38.9 Å². The molecule has 0 rings (SSSR count). The van der Waals surface area contributed by atoms with Crippen LogP contribution in [0.5, 0.6) is 0 Å². The molecular formula is C9H24Cl3N3O2. The lowest BCUT2D eigenvalue weighted by Gasteiger charge is -2.06. The molecule has 0 aromatic heterocycles. The van der Waals surface area contributed by atoms with E-state index in [4.69, 9.17) is 16.6 Å². The summed E-state index contributed by atoms with van der Waals surface area (Å²) >= 11 is 0. The van der Waals surface area contributed by atoms with Crippen molar-refractivity contribution < 1.29 is 9.90 Å². The molecule has 0 aliphatic heterocycles. The molecule has 0 fully saturated rings. The summed E-state index contributed by atoms with van der Waals surface area (Å²) in [5, 5.41) is 11.7. The van der Waals surface area contributed by atoms with Gasteiger partial charge in [0.05, 0.1) is 0 Å². The standard InChI is InChI=1S/C9H21N3O2.3ClH/c10-5-3-7-12-6-2-1-4-8(11)9(13)14;;;/h8,12H,1-7,10-11H2,(H,13,14);3*1H/t8-;;;/m0.../s1. The number of halogens is 3. The van der Waals surface area contributed by atoms with Crippen molar-refractivity contribution in [2.45, 2.75) is 31.7 Å². The van der Waals surface area contributed by atoms with Crippen LogP contribution in [-0.4, -0.2) is 36.8 Å². The SMILES string of the molecule is Cl.Cl.Cl.NCCCNCCCC[C@H](N)C(=O)O. The first-order chi connectivity index (χ1) is 6.68. The smallest absolute Gasteiger partial charge is 0.320 e. The second-order valence-electron chi connectivity index (χ2n) is 3.33. The van der Waals surface area contributed by atoms with Gasteiger partial charge in [-0.1, -0.05) is 6.42 Å². The van der Waals surface area contributed by atoms with Crippen molar-refractivity contribution >= 4 is 43.2 Å². The van der Waals surface area contributed by atoms with Crippen LogP contribution in [0.1, 0.15) is 25.7 Å². The minimum Gasteiger partial charge on any atom is -0.480 e. The molecule has 8 heteroatoms. The van der Waals surface area contributed by atoms with E-state index in [1.165, 1.54) is 0 Å². The summed E-state index contributed by atoms with van der Waals surface area (Å²) in [5.74, 6) is -0.916. The summed E-state index contributed by atoms with van der Waals surface area (Å²) < 4.78 is 0. The van der Waals surface area contributed by atoms with Crippen molar-refractivity contribution in [2.24, 2.45) is 11.5 Å². The van der Waals surface area contributed by atoms with Gasteiger partial charge >= 0.3 is 5.97 Å². The van der Waals surface area contributed by atoms with Crippen molar-refractivity contribution in [3.63, 3.8) is 0 Å². The number of hydrogen-bond donors (Lipinski definition) is 4. The highest BCUT2D eigenvalue weighted by Crippen LogP contribution is 1.97. The highest BCUT2D eigenvalue weighted by Gasteiger charge is 2.09. The summed E-state index contributed by atoms with van der Waals surface area (Å²) in [7, 11) is 0. The molecule has 17 heavy (non-hydrogen) atoms. The largest absolute Gasteiger partial charge is 0.480 e. The second-order valence-corrected chi connectivity index (χ2v) is 3.33. The van der Waals surface area contributed by atoms with Crippen LogP contribution in [0.3, 0.4) is 0 Å². The molecule has 0 saturated heterocycles. The molecule has 0 aliphatic rings. The molecule has 0 spiro atoms. The zero-order chi connectivity index (χ0) is 10.8. The first-order valence-electron chi connectivity index (χ1n) is 5.07. The monoisotopic (exact) mass is 311 g/mol. The summed E-state index contributed by atoms with van der Waals surface area (Å²) in [6.45, 7) is 2.55.